The maximum atomic E-state index is 11.5. The average molecular weight is 270 g/mol. The van der Waals surface area contributed by atoms with Crippen LogP contribution in [0, 0.1) is 11.3 Å². The van der Waals surface area contributed by atoms with Gasteiger partial charge in [0.15, 0.2) is 0 Å². The lowest BCUT2D eigenvalue weighted by Gasteiger charge is -2.39. The lowest BCUT2D eigenvalue weighted by molar-refractivity contribution is -0.149. The fourth-order valence-electron chi connectivity index (χ4n) is 2.95. The summed E-state index contributed by atoms with van der Waals surface area (Å²) in [5, 5.41) is 9.43. The SMILES string of the molecule is CCCC(C)(CN1CCN(CC(C)C)CC1)C(=O)O. The van der Waals surface area contributed by atoms with Crippen LogP contribution in [0.25, 0.3) is 0 Å². The molecule has 1 fully saturated rings. The van der Waals surface area contributed by atoms with Gasteiger partial charge in [0.25, 0.3) is 0 Å². The Morgan fingerprint density at radius 3 is 2.16 bits per heavy atom. The first-order valence-electron chi connectivity index (χ1n) is 7.55. The minimum atomic E-state index is -0.654. The van der Waals surface area contributed by atoms with Crippen molar-refractivity contribution in [2.45, 2.75) is 40.5 Å². The fraction of sp³-hybridized carbons (Fsp3) is 0.933. The van der Waals surface area contributed by atoms with Crippen molar-refractivity contribution in [2.75, 3.05) is 39.3 Å². The average Bonchev–Trinajstić information content (AvgIpc) is 2.31. The van der Waals surface area contributed by atoms with Crippen LogP contribution >= 0.6 is 0 Å². The van der Waals surface area contributed by atoms with Crippen molar-refractivity contribution in [1.82, 2.24) is 9.80 Å². The Bertz CT molecular complexity index is 286. The Hall–Kier alpha value is -0.610. The minimum absolute atomic E-state index is 0.588. The molecular formula is C15H30N2O2. The molecule has 0 amide bonds. The molecule has 19 heavy (non-hydrogen) atoms. The van der Waals surface area contributed by atoms with Crippen LogP contribution in [-0.4, -0.2) is 60.1 Å². The maximum absolute atomic E-state index is 11.5. The molecule has 1 heterocycles. The second kappa shape index (κ2) is 7.25. The number of piperazine rings is 1. The van der Waals surface area contributed by atoms with E-state index in [1.165, 1.54) is 0 Å². The summed E-state index contributed by atoms with van der Waals surface area (Å²) >= 11 is 0. The zero-order chi connectivity index (χ0) is 14.5. The Balaban J connectivity index is 2.45. The molecule has 0 bridgehead atoms. The van der Waals surface area contributed by atoms with Crippen molar-refractivity contribution in [3.8, 4) is 0 Å². The number of carboxylic acids is 1. The van der Waals surface area contributed by atoms with E-state index in [2.05, 4.69) is 30.6 Å². The maximum Gasteiger partial charge on any atom is 0.310 e. The highest BCUT2D eigenvalue weighted by Gasteiger charge is 2.35. The second-order valence-electron chi connectivity index (χ2n) is 6.59. The molecular weight excluding hydrogens is 240 g/mol. The Morgan fingerprint density at radius 2 is 1.74 bits per heavy atom. The van der Waals surface area contributed by atoms with Gasteiger partial charge in [-0.15, -0.1) is 0 Å². The van der Waals surface area contributed by atoms with Gasteiger partial charge in [0.2, 0.25) is 0 Å². The quantitative estimate of drug-likeness (QED) is 0.770. The molecule has 0 saturated carbocycles. The topological polar surface area (TPSA) is 43.8 Å². The normalized spacial score (nSPS) is 21.5. The van der Waals surface area contributed by atoms with Crippen LogP contribution in [0.15, 0.2) is 0 Å². The number of nitrogens with zero attached hydrogens (tertiary/aromatic N) is 2. The van der Waals surface area contributed by atoms with E-state index in [9.17, 15) is 9.90 Å². The number of carbonyl (C=O) groups is 1. The Morgan fingerprint density at radius 1 is 1.21 bits per heavy atom. The zero-order valence-electron chi connectivity index (χ0n) is 13.0. The molecule has 0 aromatic carbocycles. The van der Waals surface area contributed by atoms with Crippen molar-refractivity contribution in [2.24, 2.45) is 11.3 Å². The molecule has 1 atom stereocenters. The van der Waals surface area contributed by atoms with E-state index < -0.39 is 11.4 Å². The van der Waals surface area contributed by atoms with E-state index in [1.54, 1.807) is 0 Å². The molecule has 1 saturated heterocycles. The smallest absolute Gasteiger partial charge is 0.310 e. The molecule has 0 spiro atoms. The predicted octanol–water partition coefficient (Wildman–Crippen LogP) is 2.15. The lowest BCUT2D eigenvalue weighted by Crippen LogP contribution is -2.51. The van der Waals surface area contributed by atoms with Gasteiger partial charge in [-0.2, -0.15) is 0 Å². The van der Waals surface area contributed by atoms with Crippen molar-refractivity contribution in [1.29, 1.82) is 0 Å². The molecule has 4 heteroatoms. The van der Waals surface area contributed by atoms with Crippen molar-refractivity contribution in [3.05, 3.63) is 0 Å². The van der Waals surface area contributed by atoms with Crippen molar-refractivity contribution >= 4 is 5.97 Å². The molecule has 1 unspecified atom stereocenters. The Kier molecular flexibility index (Phi) is 6.27. The lowest BCUT2D eigenvalue weighted by atomic mass is 9.85. The van der Waals surface area contributed by atoms with E-state index in [1.807, 2.05) is 6.92 Å². The van der Waals surface area contributed by atoms with Crippen molar-refractivity contribution < 1.29 is 9.90 Å². The minimum Gasteiger partial charge on any atom is -0.481 e. The molecule has 1 rings (SSSR count). The summed E-state index contributed by atoms with van der Waals surface area (Å²) in [7, 11) is 0. The van der Waals surface area contributed by atoms with Crippen LogP contribution < -0.4 is 0 Å². The van der Waals surface area contributed by atoms with Gasteiger partial charge in [0.05, 0.1) is 5.41 Å². The number of hydrogen-bond donors (Lipinski definition) is 1. The van der Waals surface area contributed by atoms with Gasteiger partial charge in [0, 0.05) is 39.3 Å². The first kappa shape index (κ1) is 16.4. The number of carboxylic acid groups (broad SMARTS) is 1. The van der Waals surface area contributed by atoms with Crippen molar-refractivity contribution in [3.63, 3.8) is 0 Å². The van der Waals surface area contributed by atoms with E-state index >= 15 is 0 Å². The highest BCUT2D eigenvalue weighted by Crippen LogP contribution is 2.25. The van der Waals surface area contributed by atoms with Gasteiger partial charge in [-0.25, -0.2) is 0 Å². The van der Waals surface area contributed by atoms with Gasteiger partial charge in [-0.05, 0) is 19.3 Å². The van der Waals surface area contributed by atoms with E-state index in [0.717, 1.165) is 45.6 Å². The summed E-state index contributed by atoms with van der Waals surface area (Å²) in [6.45, 7) is 14.4. The van der Waals surface area contributed by atoms with E-state index in [4.69, 9.17) is 0 Å². The summed E-state index contributed by atoms with van der Waals surface area (Å²) in [5.74, 6) is 0.0508. The predicted molar refractivity (Wildman–Crippen MR) is 78.4 cm³/mol. The van der Waals surface area contributed by atoms with Crippen LogP contribution in [0.1, 0.15) is 40.5 Å². The molecule has 1 aliphatic heterocycles. The third-order valence-electron chi connectivity index (χ3n) is 3.98. The molecule has 0 aromatic heterocycles. The largest absolute Gasteiger partial charge is 0.481 e. The Labute approximate surface area is 117 Å². The third-order valence-corrected chi connectivity index (χ3v) is 3.98. The summed E-state index contributed by atoms with van der Waals surface area (Å²) in [6, 6.07) is 0. The first-order valence-corrected chi connectivity index (χ1v) is 7.55. The standard InChI is InChI=1S/C15H30N2O2/c1-5-6-15(4,14(18)19)12-17-9-7-16(8-10-17)11-13(2)3/h13H,5-12H2,1-4H3,(H,18,19). The highest BCUT2D eigenvalue weighted by molar-refractivity contribution is 5.74. The summed E-state index contributed by atoms with van der Waals surface area (Å²) < 4.78 is 0. The van der Waals surface area contributed by atoms with Gasteiger partial charge in [-0.3, -0.25) is 9.69 Å². The third kappa shape index (κ3) is 5.11. The second-order valence-corrected chi connectivity index (χ2v) is 6.59. The van der Waals surface area contributed by atoms with Crippen LogP contribution in [0.4, 0.5) is 0 Å². The number of rotatable bonds is 7. The van der Waals surface area contributed by atoms with Crippen LogP contribution in [-0.2, 0) is 4.79 Å². The molecule has 4 nitrogen and oxygen atoms in total. The van der Waals surface area contributed by atoms with Gasteiger partial charge < -0.3 is 10.0 Å². The zero-order valence-corrected chi connectivity index (χ0v) is 13.0. The molecule has 0 aliphatic carbocycles. The summed E-state index contributed by atoms with van der Waals surface area (Å²) in [6.07, 6.45) is 1.69. The monoisotopic (exact) mass is 270 g/mol. The summed E-state index contributed by atoms with van der Waals surface area (Å²) in [5.41, 5.74) is -0.588. The van der Waals surface area contributed by atoms with Crippen LogP contribution in [0.3, 0.4) is 0 Å². The molecule has 0 aromatic rings. The first-order chi connectivity index (χ1) is 8.87. The van der Waals surface area contributed by atoms with Gasteiger partial charge >= 0.3 is 5.97 Å². The molecule has 1 N–H and O–H groups in total. The van der Waals surface area contributed by atoms with Crippen LogP contribution in [0.2, 0.25) is 0 Å². The molecule has 0 radical (unpaired) electrons. The summed E-state index contributed by atoms with van der Waals surface area (Å²) in [4.78, 5) is 16.3. The fourth-order valence-corrected chi connectivity index (χ4v) is 2.95. The van der Waals surface area contributed by atoms with E-state index in [-0.39, 0.29) is 0 Å². The van der Waals surface area contributed by atoms with Crippen LogP contribution in [0.5, 0.6) is 0 Å². The van der Waals surface area contributed by atoms with Gasteiger partial charge in [0.1, 0.15) is 0 Å². The highest BCUT2D eigenvalue weighted by atomic mass is 16.4. The van der Waals surface area contributed by atoms with Gasteiger partial charge in [-0.1, -0.05) is 27.2 Å². The van der Waals surface area contributed by atoms with E-state index in [0.29, 0.717) is 12.5 Å². The molecule has 112 valence electrons. The number of aliphatic carboxylic acids is 1. The molecule has 1 aliphatic rings. The number of hydrogen-bond acceptors (Lipinski definition) is 3.